The van der Waals surface area contributed by atoms with Gasteiger partial charge in [-0.25, -0.2) is 0 Å². The first kappa shape index (κ1) is 12.7. The van der Waals surface area contributed by atoms with Crippen LogP contribution in [0.2, 0.25) is 0 Å². The third kappa shape index (κ3) is 3.12. The topological polar surface area (TPSA) is 33.0 Å². The molecule has 2 aromatic rings. The van der Waals surface area contributed by atoms with Gasteiger partial charge in [0.2, 0.25) is 0 Å². The van der Waals surface area contributed by atoms with Gasteiger partial charge in [0.15, 0.2) is 0 Å². The van der Waals surface area contributed by atoms with Gasteiger partial charge in [-0.2, -0.15) is 5.26 Å². The summed E-state index contributed by atoms with van der Waals surface area (Å²) in [5.41, 5.74) is 2.75. The van der Waals surface area contributed by atoms with Crippen LogP contribution in [0.4, 0.5) is 0 Å². The lowest BCUT2D eigenvalue weighted by Gasteiger charge is -2.09. The van der Waals surface area contributed by atoms with E-state index >= 15 is 0 Å². The van der Waals surface area contributed by atoms with Crippen molar-refractivity contribution in [1.82, 2.24) is 0 Å². The Hall–Kier alpha value is -1.79. The van der Waals surface area contributed by atoms with Crippen molar-refractivity contribution in [3.8, 4) is 11.8 Å². The quantitative estimate of drug-likeness (QED) is 0.799. The van der Waals surface area contributed by atoms with Crippen LogP contribution in [0.15, 0.2) is 48.5 Å². The molecule has 0 spiro atoms. The van der Waals surface area contributed by atoms with E-state index in [0.717, 1.165) is 16.5 Å². The number of alkyl halides is 1. The summed E-state index contributed by atoms with van der Waals surface area (Å²) in [5.74, 6) is 0.637. The molecule has 0 aliphatic heterocycles. The fraction of sp³-hybridized carbons (Fsp3) is 0.133. The Morgan fingerprint density at radius 3 is 2.50 bits per heavy atom. The minimum atomic E-state index is 0.473. The van der Waals surface area contributed by atoms with Crippen LogP contribution >= 0.6 is 15.9 Å². The standard InChI is InChI=1S/C15H12BrNO/c16-9-13-6-7-14(10-17)15(8-13)18-11-12-4-2-1-3-5-12/h1-8H,9,11H2. The number of halogens is 1. The first-order valence-corrected chi connectivity index (χ1v) is 6.71. The molecule has 0 fully saturated rings. The Morgan fingerprint density at radius 1 is 1.06 bits per heavy atom. The average Bonchev–Trinajstić information content (AvgIpc) is 2.45. The van der Waals surface area contributed by atoms with Crippen LogP contribution < -0.4 is 4.74 Å². The summed E-state index contributed by atoms with van der Waals surface area (Å²) >= 11 is 3.40. The molecule has 0 saturated carbocycles. The Labute approximate surface area is 115 Å². The van der Waals surface area contributed by atoms with Gasteiger partial charge in [0.05, 0.1) is 5.56 Å². The number of hydrogen-bond donors (Lipinski definition) is 0. The van der Waals surface area contributed by atoms with Crippen molar-refractivity contribution in [3.63, 3.8) is 0 Å². The van der Waals surface area contributed by atoms with Gasteiger partial charge in [0.25, 0.3) is 0 Å². The Balaban J connectivity index is 2.15. The molecule has 0 atom stereocenters. The van der Waals surface area contributed by atoms with E-state index in [9.17, 15) is 0 Å². The summed E-state index contributed by atoms with van der Waals surface area (Å²) in [6.45, 7) is 0.473. The normalized spacial score (nSPS) is 9.78. The largest absolute Gasteiger partial charge is 0.488 e. The molecule has 2 rings (SSSR count). The fourth-order valence-electron chi connectivity index (χ4n) is 1.60. The number of hydrogen-bond acceptors (Lipinski definition) is 2. The van der Waals surface area contributed by atoms with Crippen molar-refractivity contribution in [3.05, 3.63) is 65.2 Å². The monoisotopic (exact) mass is 301 g/mol. The van der Waals surface area contributed by atoms with Gasteiger partial charge in [-0.1, -0.05) is 52.3 Å². The molecule has 18 heavy (non-hydrogen) atoms. The van der Waals surface area contributed by atoms with Crippen LogP contribution in [-0.2, 0) is 11.9 Å². The van der Waals surface area contributed by atoms with E-state index in [1.807, 2.05) is 42.5 Å². The van der Waals surface area contributed by atoms with E-state index in [1.54, 1.807) is 6.07 Å². The molecular formula is C15H12BrNO. The molecule has 0 bridgehead atoms. The lowest BCUT2D eigenvalue weighted by molar-refractivity contribution is 0.305. The third-order valence-electron chi connectivity index (χ3n) is 2.56. The van der Waals surface area contributed by atoms with Crippen LogP contribution in [0.3, 0.4) is 0 Å². The van der Waals surface area contributed by atoms with Crippen LogP contribution in [0, 0.1) is 11.3 Å². The SMILES string of the molecule is N#Cc1ccc(CBr)cc1OCc1ccccc1. The number of nitrogens with zero attached hydrogens (tertiary/aromatic N) is 1. The van der Waals surface area contributed by atoms with E-state index in [1.165, 1.54) is 0 Å². The Bertz CT molecular complexity index is 560. The maximum Gasteiger partial charge on any atom is 0.137 e. The number of nitriles is 1. The maximum absolute atomic E-state index is 9.04. The molecule has 2 nitrogen and oxygen atoms in total. The van der Waals surface area contributed by atoms with Crippen LogP contribution in [0.1, 0.15) is 16.7 Å². The molecule has 0 saturated heterocycles. The van der Waals surface area contributed by atoms with E-state index in [-0.39, 0.29) is 0 Å². The van der Waals surface area contributed by atoms with Gasteiger partial charge < -0.3 is 4.74 Å². The van der Waals surface area contributed by atoms with Crippen LogP contribution in [0.5, 0.6) is 5.75 Å². The van der Waals surface area contributed by atoms with E-state index in [4.69, 9.17) is 10.00 Å². The number of benzene rings is 2. The second-order valence-corrected chi connectivity index (χ2v) is 4.41. The zero-order valence-electron chi connectivity index (χ0n) is 9.77. The van der Waals surface area contributed by atoms with Gasteiger partial charge in [-0.05, 0) is 23.3 Å². The van der Waals surface area contributed by atoms with Crippen molar-refractivity contribution < 1.29 is 4.74 Å². The summed E-state index contributed by atoms with van der Waals surface area (Å²) in [6.07, 6.45) is 0. The highest BCUT2D eigenvalue weighted by atomic mass is 79.9. The zero-order valence-corrected chi connectivity index (χ0v) is 11.4. The first-order chi connectivity index (χ1) is 8.83. The number of rotatable bonds is 4. The van der Waals surface area contributed by atoms with Crippen molar-refractivity contribution in [2.45, 2.75) is 11.9 Å². The lowest BCUT2D eigenvalue weighted by atomic mass is 10.1. The van der Waals surface area contributed by atoms with Gasteiger partial charge in [-0.3, -0.25) is 0 Å². The Kier molecular flexibility index (Phi) is 4.38. The predicted molar refractivity (Wildman–Crippen MR) is 74.6 cm³/mol. The Morgan fingerprint density at radius 2 is 1.83 bits per heavy atom. The molecule has 0 radical (unpaired) electrons. The molecule has 2 aromatic carbocycles. The minimum Gasteiger partial charge on any atom is -0.488 e. The number of ether oxygens (including phenoxy) is 1. The second-order valence-electron chi connectivity index (χ2n) is 3.85. The highest BCUT2D eigenvalue weighted by Crippen LogP contribution is 2.22. The molecule has 0 heterocycles. The second kappa shape index (κ2) is 6.23. The summed E-state index contributed by atoms with van der Waals surface area (Å²) < 4.78 is 5.71. The minimum absolute atomic E-state index is 0.473. The molecule has 0 aliphatic carbocycles. The van der Waals surface area contributed by atoms with E-state index in [2.05, 4.69) is 22.0 Å². The summed E-state index contributed by atoms with van der Waals surface area (Å²) in [4.78, 5) is 0. The first-order valence-electron chi connectivity index (χ1n) is 5.59. The van der Waals surface area contributed by atoms with Crippen molar-refractivity contribution in [2.75, 3.05) is 0 Å². The molecule has 0 N–H and O–H groups in total. The van der Waals surface area contributed by atoms with Crippen LogP contribution in [0.25, 0.3) is 0 Å². The lowest BCUT2D eigenvalue weighted by Crippen LogP contribution is -1.97. The molecule has 0 amide bonds. The third-order valence-corrected chi connectivity index (χ3v) is 3.21. The highest BCUT2D eigenvalue weighted by Gasteiger charge is 2.04. The van der Waals surface area contributed by atoms with Crippen molar-refractivity contribution in [1.29, 1.82) is 5.26 Å². The average molecular weight is 302 g/mol. The fourth-order valence-corrected chi connectivity index (χ4v) is 1.95. The molecular weight excluding hydrogens is 290 g/mol. The van der Waals surface area contributed by atoms with Gasteiger partial charge in [-0.15, -0.1) is 0 Å². The summed E-state index contributed by atoms with van der Waals surface area (Å²) in [7, 11) is 0. The van der Waals surface area contributed by atoms with E-state index < -0.39 is 0 Å². The van der Waals surface area contributed by atoms with E-state index in [0.29, 0.717) is 17.9 Å². The summed E-state index contributed by atoms with van der Waals surface area (Å²) in [6, 6.07) is 17.7. The molecule has 0 aromatic heterocycles. The zero-order chi connectivity index (χ0) is 12.8. The van der Waals surface area contributed by atoms with Gasteiger partial charge >= 0.3 is 0 Å². The van der Waals surface area contributed by atoms with Crippen molar-refractivity contribution >= 4 is 15.9 Å². The maximum atomic E-state index is 9.04. The molecule has 3 heteroatoms. The van der Waals surface area contributed by atoms with Gasteiger partial charge in [0, 0.05) is 5.33 Å². The predicted octanol–water partition coefficient (Wildman–Crippen LogP) is 4.03. The van der Waals surface area contributed by atoms with Crippen LogP contribution in [-0.4, -0.2) is 0 Å². The smallest absolute Gasteiger partial charge is 0.137 e. The van der Waals surface area contributed by atoms with Gasteiger partial charge in [0.1, 0.15) is 18.4 Å². The van der Waals surface area contributed by atoms with Crippen molar-refractivity contribution in [2.24, 2.45) is 0 Å². The molecule has 90 valence electrons. The highest BCUT2D eigenvalue weighted by molar-refractivity contribution is 9.08. The molecule has 0 unspecified atom stereocenters. The summed E-state index contributed by atoms with van der Waals surface area (Å²) in [5, 5.41) is 9.79. The molecule has 0 aliphatic rings.